The van der Waals surface area contributed by atoms with Gasteiger partial charge >= 0.3 is 0 Å². The summed E-state index contributed by atoms with van der Waals surface area (Å²) >= 11 is 1.40. The average Bonchev–Trinajstić information content (AvgIpc) is 2.72. The van der Waals surface area contributed by atoms with Crippen LogP contribution in [-0.4, -0.2) is 25.9 Å². The third-order valence-electron chi connectivity index (χ3n) is 2.75. The maximum absolute atomic E-state index is 12.0. The van der Waals surface area contributed by atoms with Crippen molar-refractivity contribution in [1.82, 2.24) is 14.8 Å². The third kappa shape index (κ3) is 3.35. The lowest BCUT2D eigenvalue weighted by Crippen LogP contribution is -2.22. The second-order valence-corrected chi connectivity index (χ2v) is 5.51. The highest BCUT2D eigenvalue weighted by atomic mass is 32.2. The molecule has 0 aliphatic carbocycles. The first-order valence-electron chi connectivity index (χ1n) is 5.96. The molecule has 2 rings (SSSR count). The van der Waals surface area contributed by atoms with Gasteiger partial charge in [0.2, 0.25) is 5.91 Å². The number of nitrogens with zero attached hydrogens (tertiary/aromatic N) is 3. The summed E-state index contributed by atoms with van der Waals surface area (Å²) in [5.41, 5.74) is 0.800. The summed E-state index contributed by atoms with van der Waals surface area (Å²) in [5, 5.41) is 11.4. The van der Waals surface area contributed by atoms with Crippen LogP contribution in [0.3, 0.4) is 0 Å². The number of benzene rings is 1. The third-order valence-corrected chi connectivity index (χ3v) is 3.88. The lowest BCUT2D eigenvalue weighted by molar-refractivity contribution is -0.115. The molecule has 1 heterocycles. The van der Waals surface area contributed by atoms with Crippen molar-refractivity contribution >= 4 is 23.4 Å². The van der Waals surface area contributed by atoms with Crippen molar-refractivity contribution in [3.8, 4) is 0 Å². The number of para-hydroxylation sites is 1. The minimum absolute atomic E-state index is 0.0446. The summed E-state index contributed by atoms with van der Waals surface area (Å²) in [7, 11) is 1.89. The van der Waals surface area contributed by atoms with Gasteiger partial charge in [0.15, 0.2) is 5.16 Å². The van der Waals surface area contributed by atoms with Crippen molar-refractivity contribution in [1.29, 1.82) is 0 Å². The largest absolute Gasteiger partial charge is 0.325 e. The van der Waals surface area contributed by atoms with Gasteiger partial charge in [-0.3, -0.25) is 4.79 Å². The van der Waals surface area contributed by atoms with Gasteiger partial charge in [-0.05, 0) is 26.0 Å². The highest BCUT2D eigenvalue weighted by Crippen LogP contribution is 2.22. The van der Waals surface area contributed by atoms with E-state index >= 15 is 0 Å². The van der Waals surface area contributed by atoms with Gasteiger partial charge in [-0.15, -0.1) is 10.2 Å². The zero-order valence-electron chi connectivity index (χ0n) is 11.1. The van der Waals surface area contributed by atoms with Crippen molar-refractivity contribution in [2.24, 2.45) is 7.05 Å². The van der Waals surface area contributed by atoms with E-state index in [9.17, 15) is 4.79 Å². The van der Waals surface area contributed by atoms with Gasteiger partial charge in [0.1, 0.15) is 5.82 Å². The highest BCUT2D eigenvalue weighted by molar-refractivity contribution is 8.00. The molecule has 2 aromatic rings. The Labute approximate surface area is 116 Å². The predicted octanol–water partition coefficient (Wildman–Crippen LogP) is 2.24. The Morgan fingerprint density at radius 1 is 1.32 bits per heavy atom. The SMILES string of the molecule is Cc1nnc(S[C@@H](C)C(=O)Nc2ccccc2)n1C. The number of rotatable bonds is 4. The van der Waals surface area contributed by atoms with E-state index in [-0.39, 0.29) is 11.2 Å². The maximum Gasteiger partial charge on any atom is 0.237 e. The molecule has 6 heteroatoms. The molecule has 0 aliphatic rings. The second-order valence-electron chi connectivity index (χ2n) is 4.20. The van der Waals surface area contributed by atoms with Crippen LogP contribution in [0.4, 0.5) is 5.69 Å². The average molecular weight is 276 g/mol. The van der Waals surface area contributed by atoms with E-state index in [1.165, 1.54) is 11.8 Å². The molecule has 1 amide bonds. The number of carbonyl (C=O) groups is 1. The number of thioether (sulfide) groups is 1. The van der Waals surface area contributed by atoms with E-state index in [0.29, 0.717) is 0 Å². The van der Waals surface area contributed by atoms with Gasteiger partial charge in [-0.2, -0.15) is 0 Å². The lowest BCUT2D eigenvalue weighted by Gasteiger charge is -2.11. The molecule has 0 unspecified atom stereocenters. The standard InChI is InChI=1S/C13H16N4OS/c1-9(19-13-16-15-10(2)17(13)3)12(18)14-11-7-5-4-6-8-11/h4-9H,1-3H3,(H,14,18)/t9-/m0/s1. The molecule has 100 valence electrons. The Kier molecular flexibility index (Phi) is 4.21. The second kappa shape index (κ2) is 5.88. The molecule has 0 radical (unpaired) electrons. The molecule has 0 saturated carbocycles. The molecule has 1 N–H and O–H groups in total. The first-order chi connectivity index (χ1) is 9.08. The maximum atomic E-state index is 12.0. The van der Waals surface area contributed by atoms with Gasteiger partial charge in [0.05, 0.1) is 5.25 Å². The Balaban J connectivity index is 1.98. The summed E-state index contributed by atoms with van der Waals surface area (Å²) in [5.74, 6) is 0.787. The van der Waals surface area contributed by atoms with E-state index in [1.807, 2.05) is 55.8 Å². The number of amides is 1. The minimum atomic E-state index is -0.234. The van der Waals surface area contributed by atoms with Crippen LogP contribution in [0.25, 0.3) is 0 Å². The molecule has 1 aromatic carbocycles. The van der Waals surface area contributed by atoms with Gasteiger partial charge in [-0.1, -0.05) is 30.0 Å². The van der Waals surface area contributed by atoms with Crippen molar-refractivity contribution in [3.63, 3.8) is 0 Å². The van der Waals surface area contributed by atoms with Crippen LogP contribution in [0.5, 0.6) is 0 Å². The predicted molar refractivity (Wildman–Crippen MR) is 76.1 cm³/mol. The Morgan fingerprint density at radius 2 is 2.00 bits per heavy atom. The molecule has 5 nitrogen and oxygen atoms in total. The fourth-order valence-corrected chi connectivity index (χ4v) is 2.33. The molecule has 1 aromatic heterocycles. The molecule has 0 spiro atoms. The van der Waals surface area contributed by atoms with Crippen LogP contribution in [0, 0.1) is 6.92 Å². The van der Waals surface area contributed by atoms with Gasteiger partial charge in [-0.25, -0.2) is 0 Å². The summed E-state index contributed by atoms with van der Waals surface area (Å²) in [6, 6.07) is 9.42. The Hall–Kier alpha value is -1.82. The highest BCUT2D eigenvalue weighted by Gasteiger charge is 2.17. The van der Waals surface area contributed by atoms with E-state index < -0.39 is 0 Å². The van der Waals surface area contributed by atoms with Crippen LogP contribution in [0.1, 0.15) is 12.7 Å². The monoisotopic (exact) mass is 276 g/mol. The fraction of sp³-hybridized carbons (Fsp3) is 0.308. The van der Waals surface area contributed by atoms with Crippen LogP contribution < -0.4 is 5.32 Å². The van der Waals surface area contributed by atoms with E-state index in [1.54, 1.807) is 0 Å². The van der Waals surface area contributed by atoms with Crippen LogP contribution in [0.15, 0.2) is 35.5 Å². The van der Waals surface area contributed by atoms with Crippen molar-refractivity contribution < 1.29 is 4.79 Å². The molecule has 0 bridgehead atoms. The number of aryl methyl sites for hydroxylation is 1. The van der Waals surface area contributed by atoms with E-state index in [0.717, 1.165) is 16.7 Å². The Morgan fingerprint density at radius 3 is 2.58 bits per heavy atom. The quantitative estimate of drug-likeness (QED) is 0.870. The molecular weight excluding hydrogens is 260 g/mol. The summed E-state index contributed by atoms with van der Waals surface area (Å²) in [6.07, 6.45) is 0. The molecule has 19 heavy (non-hydrogen) atoms. The Bertz CT molecular complexity index is 567. The zero-order valence-corrected chi connectivity index (χ0v) is 11.9. The van der Waals surface area contributed by atoms with Gasteiger partial charge in [0, 0.05) is 12.7 Å². The van der Waals surface area contributed by atoms with Crippen molar-refractivity contribution in [2.75, 3.05) is 5.32 Å². The molecule has 0 saturated heterocycles. The number of aromatic nitrogens is 3. The van der Waals surface area contributed by atoms with Crippen LogP contribution in [0.2, 0.25) is 0 Å². The number of hydrogen-bond donors (Lipinski definition) is 1. The zero-order chi connectivity index (χ0) is 13.8. The van der Waals surface area contributed by atoms with E-state index in [2.05, 4.69) is 15.5 Å². The molecular formula is C13H16N4OS. The number of hydrogen-bond acceptors (Lipinski definition) is 4. The van der Waals surface area contributed by atoms with Gasteiger partial charge < -0.3 is 9.88 Å². The minimum Gasteiger partial charge on any atom is -0.325 e. The number of anilines is 1. The normalized spacial score (nSPS) is 12.2. The topological polar surface area (TPSA) is 59.8 Å². The first-order valence-corrected chi connectivity index (χ1v) is 6.84. The smallest absolute Gasteiger partial charge is 0.237 e. The van der Waals surface area contributed by atoms with Crippen LogP contribution >= 0.6 is 11.8 Å². The number of carbonyl (C=O) groups excluding carboxylic acids is 1. The molecule has 0 fully saturated rings. The lowest BCUT2D eigenvalue weighted by atomic mass is 10.3. The molecule has 1 atom stereocenters. The van der Waals surface area contributed by atoms with Crippen molar-refractivity contribution in [3.05, 3.63) is 36.2 Å². The fourth-order valence-electron chi connectivity index (χ4n) is 1.47. The first kappa shape index (κ1) is 13.6. The summed E-state index contributed by atoms with van der Waals surface area (Å²) in [4.78, 5) is 12.0. The summed E-state index contributed by atoms with van der Waals surface area (Å²) in [6.45, 7) is 3.73. The van der Waals surface area contributed by atoms with Gasteiger partial charge in [0.25, 0.3) is 0 Å². The van der Waals surface area contributed by atoms with Crippen molar-refractivity contribution in [2.45, 2.75) is 24.3 Å². The van der Waals surface area contributed by atoms with Crippen LogP contribution in [-0.2, 0) is 11.8 Å². The van der Waals surface area contributed by atoms with E-state index in [4.69, 9.17) is 0 Å². The number of nitrogens with one attached hydrogen (secondary N) is 1. The summed E-state index contributed by atoms with van der Waals surface area (Å²) < 4.78 is 1.87. The molecule has 0 aliphatic heterocycles.